The molecule has 1 N–H and O–H groups in total. The van der Waals surface area contributed by atoms with Gasteiger partial charge in [0.2, 0.25) is 0 Å². The van der Waals surface area contributed by atoms with Crippen molar-refractivity contribution in [3.05, 3.63) is 59.9 Å². The summed E-state index contributed by atoms with van der Waals surface area (Å²) >= 11 is 0. The molecule has 0 amide bonds. The Bertz CT molecular complexity index is 762. The molecule has 0 saturated carbocycles. The normalized spacial score (nSPS) is 28.1. The van der Waals surface area contributed by atoms with Crippen molar-refractivity contribution < 1.29 is 14.6 Å². The van der Waals surface area contributed by atoms with Crippen molar-refractivity contribution in [2.24, 2.45) is 0 Å². The predicted octanol–water partition coefficient (Wildman–Crippen LogP) is 2.79. The summed E-state index contributed by atoms with van der Waals surface area (Å²) in [7, 11) is 1.62. The summed E-state index contributed by atoms with van der Waals surface area (Å²) in [5.74, 6) is 0.873. The van der Waals surface area contributed by atoms with E-state index in [0.29, 0.717) is 24.9 Å². The first-order valence-electron chi connectivity index (χ1n) is 9.15. The highest BCUT2D eigenvalue weighted by Gasteiger charge is 2.48. The lowest BCUT2D eigenvalue weighted by molar-refractivity contribution is -0.0547. The number of aromatic nitrogens is 1. The number of nitrogens with zero attached hydrogens (tertiary/aromatic N) is 2. The summed E-state index contributed by atoms with van der Waals surface area (Å²) in [5.41, 5.74) is 0.760. The number of hydrogen-bond donors (Lipinski definition) is 1. The van der Waals surface area contributed by atoms with Gasteiger partial charge in [-0.25, -0.2) is 0 Å². The number of methoxy groups -OCH3 is 1. The fourth-order valence-electron chi connectivity index (χ4n) is 4.48. The van der Waals surface area contributed by atoms with Crippen LogP contribution in [0, 0.1) is 0 Å². The largest absolute Gasteiger partial charge is 0.497 e. The Morgan fingerprint density at radius 1 is 1.23 bits per heavy atom. The van der Waals surface area contributed by atoms with E-state index in [-0.39, 0.29) is 17.9 Å². The van der Waals surface area contributed by atoms with Crippen LogP contribution in [-0.2, 0) is 5.60 Å². The van der Waals surface area contributed by atoms with E-state index in [0.717, 1.165) is 24.2 Å². The van der Waals surface area contributed by atoms with Crippen LogP contribution in [0.2, 0.25) is 0 Å². The lowest BCUT2D eigenvalue weighted by Gasteiger charge is -2.43. The van der Waals surface area contributed by atoms with E-state index < -0.39 is 5.60 Å². The Morgan fingerprint density at radius 2 is 1.92 bits per heavy atom. The maximum Gasteiger partial charge on any atom is 0.176 e. The summed E-state index contributed by atoms with van der Waals surface area (Å²) in [6, 6.07) is 11.6. The standard InChI is InChI=1S/C21H24N2O3/c1-26-19-8-4-15(5-9-19)20(24)14-23-17-6-7-18(23)12-21(25,11-17)16-3-2-10-22-13-16/h2-5,8-10,13,17-18,25H,6-7,11-12,14H2,1H3. The zero-order valence-electron chi connectivity index (χ0n) is 15.0. The highest BCUT2D eigenvalue weighted by molar-refractivity contribution is 5.97. The molecular formula is C21H24N2O3. The topological polar surface area (TPSA) is 62.7 Å². The molecule has 5 heteroatoms. The fourth-order valence-corrected chi connectivity index (χ4v) is 4.48. The van der Waals surface area contributed by atoms with Crippen molar-refractivity contribution in [1.29, 1.82) is 0 Å². The summed E-state index contributed by atoms with van der Waals surface area (Å²) in [6.07, 6.45) is 6.87. The van der Waals surface area contributed by atoms with E-state index in [4.69, 9.17) is 4.74 Å². The van der Waals surface area contributed by atoms with Crippen LogP contribution in [-0.4, -0.2) is 46.5 Å². The number of ether oxygens (including phenoxy) is 1. The molecule has 26 heavy (non-hydrogen) atoms. The number of pyridine rings is 1. The number of fused-ring (bicyclic) bond motifs is 2. The van der Waals surface area contributed by atoms with Crippen LogP contribution in [0.15, 0.2) is 48.8 Å². The van der Waals surface area contributed by atoms with Crippen molar-refractivity contribution in [3.63, 3.8) is 0 Å². The third kappa shape index (κ3) is 3.13. The first-order valence-corrected chi connectivity index (χ1v) is 9.15. The number of benzene rings is 1. The van der Waals surface area contributed by atoms with Gasteiger partial charge in [-0.15, -0.1) is 0 Å². The summed E-state index contributed by atoms with van der Waals surface area (Å²) in [4.78, 5) is 19.2. The molecule has 2 aliphatic heterocycles. The van der Waals surface area contributed by atoms with Gasteiger partial charge in [-0.3, -0.25) is 14.7 Å². The third-order valence-corrected chi connectivity index (χ3v) is 5.85. The van der Waals surface area contributed by atoms with Crippen LogP contribution < -0.4 is 4.74 Å². The molecule has 2 aromatic rings. The number of carbonyl (C=O) groups excluding carboxylic acids is 1. The molecule has 3 heterocycles. The molecule has 2 fully saturated rings. The van der Waals surface area contributed by atoms with Gasteiger partial charge in [0, 0.05) is 35.6 Å². The van der Waals surface area contributed by atoms with Crippen LogP contribution >= 0.6 is 0 Å². The maximum atomic E-state index is 12.7. The zero-order chi connectivity index (χ0) is 18.1. The molecule has 2 unspecified atom stereocenters. The van der Waals surface area contributed by atoms with Gasteiger partial charge in [-0.05, 0) is 56.0 Å². The average Bonchev–Trinajstić information content (AvgIpc) is 2.92. The van der Waals surface area contributed by atoms with E-state index in [1.807, 2.05) is 36.4 Å². The highest BCUT2D eigenvalue weighted by Crippen LogP contribution is 2.45. The van der Waals surface area contributed by atoms with E-state index >= 15 is 0 Å². The number of carbonyl (C=O) groups is 1. The van der Waals surface area contributed by atoms with Crippen LogP contribution in [0.1, 0.15) is 41.6 Å². The minimum atomic E-state index is -0.834. The lowest BCUT2D eigenvalue weighted by atomic mass is 9.81. The van der Waals surface area contributed by atoms with Gasteiger partial charge in [0.1, 0.15) is 5.75 Å². The minimum Gasteiger partial charge on any atom is -0.497 e. The molecule has 4 rings (SSSR count). The Hall–Kier alpha value is -2.24. The van der Waals surface area contributed by atoms with Gasteiger partial charge in [-0.1, -0.05) is 6.07 Å². The minimum absolute atomic E-state index is 0.122. The van der Waals surface area contributed by atoms with Crippen LogP contribution in [0.3, 0.4) is 0 Å². The number of ketones is 1. The Kier molecular flexibility index (Phi) is 4.51. The van der Waals surface area contributed by atoms with E-state index in [1.54, 1.807) is 19.5 Å². The smallest absolute Gasteiger partial charge is 0.176 e. The van der Waals surface area contributed by atoms with Crippen molar-refractivity contribution in [2.75, 3.05) is 13.7 Å². The first-order chi connectivity index (χ1) is 12.6. The highest BCUT2D eigenvalue weighted by atomic mass is 16.5. The van der Waals surface area contributed by atoms with Crippen molar-refractivity contribution >= 4 is 5.78 Å². The number of piperidine rings is 1. The molecule has 0 aliphatic carbocycles. The van der Waals surface area contributed by atoms with Gasteiger partial charge in [0.25, 0.3) is 0 Å². The molecule has 2 aliphatic rings. The summed E-state index contributed by atoms with van der Waals surface area (Å²) < 4.78 is 5.15. The Labute approximate surface area is 153 Å². The zero-order valence-corrected chi connectivity index (χ0v) is 15.0. The second-order valence-electron chi connectivity index (χ2n) is 7.39. The second kappa shape index (κ2) is 6.82. The van der Waals surface area contributed by atoms with Crippen molar-refractivity contribution in [3.8, 4) is 5.75 Å². The molecule has 5 nitrogen and oxygen atoms in total. The Morgan fingerprint density at radius 3 is 2.50 bits per heavy atom. The average molecular weight is 352 g/mol. The third-order valence-electron chi connectivity index (χ3n) is 5.85. The van der Waals surface area contributed by atoms with Gasteiger partial charge in [0.05, 0.1) is 19.3 Å². The monoisotopic (exact) mass is 352 g/mol. The molecule has 136 valence electrons. The molecule has 0 radical (unpaired) electrons. The maximum absolute atomic E-state index is 12.7. The molecule has 2 saturated heterocycles. The van der Waals surface area contributed by atoms with Crippen molar-refractivity contribution in [1.82, 2.24) is 9.88 Å². The number of aliphatic hydroxyl groups is 1. The second-order valence-corrected chi connectivity index (χ2v) is 7.39. The molecular weight excluding hydrogens is 328 g/mol. The first kappa shape index (κ1) is 17.2. The van der Waals surface area contributed by atoms with Gasteiger partial charge in [0.15, 0.2) is 5.78 Å². The van der Waals surface area contributed by atoms with Gasteiger partial charge >= 0.3 is 0 Å². The number of hydrogen-bond acceptors (Lipinski definition) is 5. The molecule has 1 aromatic heterocycles. The summed E-state index contributed by atoms with van der Waals surface area (Å²) in [6.45, 7) is 0.408. The lowest BCUT2D eigenvalue weighted by Crippen LogP contribution is -2.51. The number of rotatable bonds is 5. The van der Waals surface area contributed by atoms with E-state index in [9.17, 15) is 9.90 Å². The molecule has 0 spiro atoms. The van der Waals surface area contributed by atoms with Crippen molar-refractivity contribution in [2.45, 2.75) is 43.4 Å². The van der Waals surface area contributed by atoms with Gasteiger partial charge in [-0.2, -0.15) is 0 Å². The van der Waals surface area contributed by atoms with Crippen LogP contribution in [0.4, 0.5) is 0 Å². The van der Waals surface area contributed by atoms with Crippen LogP contribution in [0.5, 0.6) is 5.75 Å². The quantitative estimate of drug-likeness (QED) is 0.839. The predicted molar refractivity (Wildman–Crippen MR) is 98.2 cm³/mol. The molecule has 1 aromatic carbocycles. The molecule has 2 bridgehead atoms. The van der Waals surface area contributed by atoms with Crippen LogP contribution in [0.25, 0.3) is 0 Å². The number of Topliss-reactive ketones (excluding diaryl/α,β-unsaturated/α-hetero) is 1. The Balaban J connectivity index is 1.47. The van der Waals surface area contributed by atoms with Gasteiger partial charge < -0.3 is 9.84 Å². The summed E-state index contributed by atoms with van der Waals surface area (Å²) in [5, 5.41) is 11.2. The van der Waals surface area contributed by atoms with E-state index in [2.05, 4.69) is 9.88 Å². The molecule has 2 atom stereocenters. The SMILES string of the molecule is COc1ccc(C(=O)CN2C3CCC2CC(O)(c2cccnc2)C3)cc1. The van der Waals surface area contributed by atoms with E-state index in [1.165, 1.54) is 0 Å². The fraction of sp³-hybridized carbons (Fsp3) is 0.429.